The molecule has 1 aromatic carbocycles. The van der Waals surface area contributed by atoms with Crippen molar-refractivity contribution in [1.82, 2.24) is 15.1 Å². The van der Waals surface area contributed by atoms with Crippen LogP contribution in [0.15, 0.2) is 30.6 Å². The van der Waals surface area contributed by atoms with Crippen LogP contribution < -0.4 is 10.6 Å². The van der Waals surface area contributed by atoms with E-state index < -0.39 is 17.5 Å². The number of hydrogen-bond donors (Lipinski definition) is 2. The van der Waals surface area contributed by atoms with E-state index in [1.165, 1.54) is 0 Å². The molecule has 0 aliphatic rings. The molecule has 7 heteroatoms. The number of anilines is 1. The summed E-state index contributed by atoms with van der Waals surface area (Å²) in [6, 6.07) is 3.81. The summed E-state index contributed by atoms with van der Waals surface area (Å²) in [6.45, 7) is 2.93. The van der Waals surface area contributed by atoms with E-state index in [9.17, 15) is 13.6 Å². The van der Waals surface area contributed by atoms with Crippen molar-refractivity contribution in [3.8, 4) is 0 Å². The molecule has 1 heterocycles. The smallest absolute Gasteiger partial charge is 0.251 e. The molecule has 1 amide bonds. The average molecular weight is 294 g/mol. The van der Waals surface area contributed by atoms with Crippen LogP contribution in [0.1, 0.15) is 17.3 Å². The fraction of sp³-hybridized carbons (Fsp3) is 0.286. The van der Waals surface area contributed by atoms with E-state index in [0.29, 0.717) is 19.6 Å². The van der Waals surface area contributed by atoms with E-state index in [2.05, 4.69) is 15.7 Å². The highest BCUT2D eigenvalue weighted by atomic mass is 19.1. The van der Waals surface area contributed by atoms with Crippen molar-refractivity contribution in [1.29, 1.82) is 0 Å². The van der Waals surface area contributed by atoms with Gasteiger partial charge < -0.3 is 10.6 Å². The van der Waals surface area contributed by atoms with E-state index >= 15 is 0 Å². The second-order valence-electron chi connectivity index (χ2n) is 4.37. The van der Waals surface area contributed by atoms with Gasteiger partial charge in [0.25, 0.3) is 5.91 Å². The van der Waals surface area contributed by atoms with Gasteiger partial charge in [-0.3, -0.25) is 9.48 Å². The molecular weight excluding hydrogens is 278 g/mol. The van der Waals surface area contributed by atoms with Gasteiger partial charge in [0.2, 0.25) is 0 Å². The first-order valence-electron chi connectivity index (χ1n) is 6.60. The fourth-order valence-corrected chi connectivity index (χ4v) is 1.87. The molecule has 21 heavy (non-hydrogen) atoms. The average Bonchev–Trinajstić information content (AvgIpc) is 2.95. The Hall–Kier alpha value is -2.44. The molecule has 0 unspecified atom stereocenters. The predicted molar refractivity (Wildman–Crippen MR) is 75.1 cm³/mol. The predicted octanol–water partition coefficient (Wildman–Crippen LogP) is 2.02. The third kappa shape index (κ3) is 3.77. The molecule has 2 N–H and O–H groups in total. The van der Waals surface area contributed by atoms with Crippen molar-refractivity contribution in [3.63, 3.8) is 0 Å². The van der Waals surface area contributed by atoms with Crippen molar-refractivity contribution < 1.29 is 13.6 Å². The van der Waals surface area contributed by atoms with Crippen molar-refractivity contribution in [2.45, 2.75) is 13.5 Å². The van der Waals surface area contributed by atoms with Gasteiger partial charge in [-0.1, -0.05) is 0 Å². The molecule has 0 atom stereocenters. The standard InChI is InChI=1S/C14H16F2N4O/c1-2-17-13-11(15)8-10(9-12(13)16)14(21)18-5-7-20-6-3-4-19-20/h3-4,6,8-9,17H,2,5,7H2,1H3,(H,18,21). The summed E-state index contributed by atoms with van der Waals surface area (Å²) in [4.78, 5) is 11.9. The van der Waals surface area contributed by atoms with Gasteiger partial charge in [-0.05, 0) is 25.1 Å². The van der Waals surface area contributed by atoms with Crippen molar-refractivity contribution in [2.75, 3.05) is 18.4 Å². The molecule has 0 aliphatic carbocycles. The van der Waals surface area contributed by atoms with E-state index in [4.69, 9.17) is 0 Å². The first kappa shape index (κ1) is 15.0. The Labute approximate surface area is 121 Å². The number of aromatic nitrogens is 2. The monoisotopic (exact) mass is 294 g/mol. The molecule has 0 bridgehead atoms. The minimum absolute atomic E-state index is 0.0490. The van der Waals surface area contributed by atoms with Gasteiger partial charge in [-0.15, -0.1) is 0 Å². The summed E-state index contributed by atoms with van der Waals surface area (Å²) >= 11 is 0. The third-order valence-corrected chi connectivity index (χ3v) is 2.84. The van der Waals surface area contributed by atoms with Crippen LogP contribution >= 0.6 is 0 Å². The molecule has 0 radical (unpaired) electrons. The lowest BCUT2D eigenvalue weighted by Crippen LogP contribution is -2.27. The van der Waals surface area contributed by atoms with Gasteiger partial charge in [-0.2, -0.15) is 5.10 Å². The summed E-state index contributed by atoms with van der Waals surface area (Å²) in [7, 11) is 0. The van der Waals surface area contributed by atoms with Gasteiger partial charge in [0, 0.05) is 31.0 Å². The second-order valence-corrected chi connectivity index (χ2v) is 4.37. The Balaban J connectivity index is 1.99. The molecule has 5 nitrogen and oxygen atoms in total. The van der Waals surface area contributed by atoms with Crippen LogP contribution in [0.3, 0.4) is 0 Å². The van der Waals surface area contributed by atoms with Gasteiger partial charge >= 0.3 is 0 Å². The fourth-order valence-electron chi connectivity index (χ4n) is 1.87. The van der Waals surface area contributed by atoms with E-state index in [1.807, 2.05) is 0 Å². The van der Waals surface area contributed by atoms with Crippen molar-refractivity contribution in [3.05, 3.63) is 47.8 Å². The van der Waals surface area contributed by atoms with E-state index in [-0.39, 0.29) is 11.3 Å². The number of benzene rings is 1. The van der Waals surface area contributed by atoms with Gasteiger partial charge in [0.1, 0.15) is 17.3 Å². The van der Waals surface area contributed by atoms with Crippen molar-refractivity contribution >= 4 is 11.6 Å². The van der Waals surface area contributed by atoms with Crippen LogP contribution in [0.25, 0.3) is 0 Å². The maximum Gasteiger partial charge on any atom is 0.251 e. The lowest BCUT2D eigenvalue weighted by Gasteiger charge is -2.09. The first-order valence-corrected chi connectivity index (χ1v) is 6.60. The second kappa shape index (κ2) is 6.83. The Morgan fingerprint density at radius 3 is 2.62 bits per heavy atom. The quantitative estimate of drug-likeness (QED) is 0.857. The Bertz CT molecular complexity index is 590. The van der Waals surface area contributed by atoms with Crippen LogP contribution in [0, 0.1) is 11.6 Å². The zero-order valence-electron chi connectivity index (χ0n) is 11.6. The van der Waals surface area contributed by atoms with Crippen molar-refractivity contribution in [2.24, 2.45) is 0 Å². The highest BCUT2D eigenvalue weighted by Crippen LogP contribution is 2.20. The lowest BCUT2D eigenvalue weighted by molar-refractivity contribution is 0.0951. The van der Waals surface area contributed by atoms with E-state index in [1.54, 1.807) is 30.1 Å². The highest BCUT2D eigenvalue weighted by molar-refractivity contribution is 5.94. The summed E-state index contributed by atoms with van der Waals surface area (Å²) in [6.07, 6.45) is 3.39. The molecule has 0 saturated heterocycles. The molecular formula is C14H16F2N4O. The Morgan fingerprint density at radius 2 is 2.05 bits per heavy atom. The minimum atomic E-state index is -0.783. The Morgan fingerprint density at radius 1 is 1.33 bits per heavy atom. The Kier molecular flexibility index (Phi) is 4.86. The molecule has 0 spiro atoms. The number of nitrogens with one attached hydrogen (secondary N) is 2. The largest absolute Gasteiger partial charge is 0.381 e. The van der Waals surface area contributed by atoms with Gasteiger partial charge in [0.05, 0.1) is 6.54 Å². The summed E-state index contributed by atoms with van der Waals surface area (Å²) in [5.74, 6) is -2.09. The number of hydrogen-bond acceptors (Lipinski definition) is 3. The van der Waals surface area contributed by atoms with Crippen LogP contribution in [0.4, 0.5) is 14.5 Å². The number of nitrogens with zero attached hydrogens (tertiary/aromatic N) is 2. The third-order valence-electron chi connectivity index (χ3n) is 2.84. The maximum absolute atomic E-state index is 13.7. The summed E-state index contributed by atoms with van der Waals surface area (Å²) < 4.78 is 29.1. The molecule has 2 aromatic rings. The molecule has 0 fully saturated rings. The number of carbonyl (C=O) groups excluding carboxylic acids is 1. The maximum atomic E-state index is 13.7. The van der Waals surface area contributed by atoms with Crippen LogP contribution in [0.2, 0.25) is 0 Å². The van der Waals surface area contributed by atoms with Crippen LogP contribution in [-0.2, 0) is 6.54 Å². The van der Waals surface area contributed by atoms with Gasteiger partial charge in [-0.25, -0.2) is 8.78 Å². The number of rotatable bonds is 6. The summed E-state index contributed by atoms with van der Waals surface area (Å²) in [5, 5.41) is 9.15. The molecule has 0 aliphatic heterocycles. The van der Waals surface area contributed by atoms with E-state index in [0.717, 1.165) is 12.1 Å². The number of halogens is 2. The number of carbonyl (C=O) groups is 1. The summed E-state index contributed by atoms with van der Waals surface area (Å²) in [5.41, 5.74) is -0.266. The number of amides is 1. The van der Waals surface area contributed by atoms with Gasteiger partial charge in [0.15, 0.2) is 0 Å². The molecule has 1 aromatic heterocycles. The highest BCUT2D eigenvalue weighted by Gasteiger charge is 2.14. The van der Waals surface area contributed by atoms with Crippen LogP contribution in [0.5, 0.6) is 0 Å². The molecule has 112 valence electrons. The zero-order chi connectivity index (χ0) is 15.2. The SMILES string of the molecule is CCNc1c(F)cc(C(=O)NCCn2cccn2)cc1F. The molecule has 2 rings (SSSR count). The first-order chi connectivity index (χ1) is 10.1. The minimum Gasteiger partial charge on any atom is -0.381 e. The van der Waals surface area contributed by atoms with Crippen LogP contribution in [-0.4, -0.2) is 28.8 Å². The normalized spacial score (nSPS) is 10.4. The molecule has 0 saturated carbocycles. The topological polar surface area (TPSA) is 59.0 Å². The lowest BCUT2D eigenvalue weighted by atomic mass is 10.1. The zero-order valence-corrected chi connectivity index (χ0v) is 11.6.